The van der Waals surface area contributed by atoms with Crippen LogP contribution in [0, 0.1) is 6.92 Å². The monoisotopic (exact) mass is 326 g/mol. The van der Waals surface area contributed by atoms with E-state index in [0.717, 1.165) is 12.8 Å². The molecule has 1 heterocycles. The highest BCUT2D eigenvalue weighted by Crippen LogP contribution is 2.41. The molecule has 8 heteroatoms. The molecular weight excluding hydrogens is 313 g/mol. The average molecular weight is 326 g/mol. The van der Waals surface area contributed by atoms with Crippen molar-refractivity contribution in [2.24, 2.45) is 0 Å². The van der Waals surface area contributed by atoms with Gasteiger partial charge in [-0.2, -0.15) is 0 Å². The topological polar surface area (TPSA) is 64.4 Å². The number of alkyl halides is 3. The highest BCUT2D eigenvalue weighted by molar-refractivity contribution is 5.88. The molecule has 1 aromatic heterocycles. The van der Waals surface area contributed by atoms with Crippen molar-refractivity contribution in [3.8, 4) is 17.1 Å². The van der Waals surface area contributed by atoms with Gasteiger partial charge in [0.05, 0.1) is 5.69 Å². The summed E-state index contributed by atoms with van der Waals surface area (Å²) in [5.74, 6) is -1.12. The van der Waals surface area contributed by atoms with Gasteiger partial charge in [0.25, 0.3) is 0 Å². The number of benzene rings is 1. The second-order valence-electron chi connectivity index (χ2n) is 5.35. The normalized spacial score (nSPS) is 14.8. The number of halogens is 3. The van der Waals surface area contributed by atoms with Gasteiger partial charge in [-0.25, -0.2) is 9.78 Å². The molecule has 0 radical (unpaired) electrons. The van der Waals surface area contributed by atoms with E-state index in [1.54, 1.807) is 17.6 Å². The molecule has 1 aliphatic rings. The quantitative estimate of drug-likeness (QED) is 0.928. The number of imidazole rings is 1. The van der Waals surface area contributed by atoms with E-state index in [0.29, 0.717) is 17.1 Å². The van der Waals surface area contributed by atoms with E-state index in [1.165, 1.54) is 18.2 Å². The molecule has 1 fully saturated rings. The fraction of sp³-hybridized carbons (Fsp3) is 0.333. The number of nitrogens with zero attached hydrogens (tertiary/aromatic N) is 2. The van der Waals surface area contributed by atoms with Gasteiger partial charge < -0.3 is 14.4 Å². The van der Waals surface area contributed by atoms with Crippen LogP contribution in [0.15, 0.2) is 24.3 Å². The molecule has 122 valence electrons. The molecule has 0 spiro atoms. The summed E-state index contributed by atoms with van der Waals surface area (Å²) in [4.78, 5) is 15.7. The number of rotatable bonds is 4. The van der Waals surface area contributed by atoms with E-state index in [9.17, 15) is 23.1 Å². The zero-order valence-corrected chi connectivity index (χ0v) is 12.1. The van der Waals surface area contributed by atoms with Crippen LogP contribution in [0.1, 0.15) is 35.1 Å². The lowest BCUT2D eigenvalue weighted by atomic mass is 10.2. The molecule has 1 saturated carbocycles. The van der Waals surface area contributed by atoms with Crippen molar-refractivity contribution in [1.82, 2.24) is 9.55 Å². The van der Waals surface area contributed by atoms with Crippen molar-refractivity contribution in [2.45, 2.75) is 32.2 Å². The standard InChI is InChI=1S/C15H13F3N2O3/c1-8-12(14(21)22)20(10-5-6-10)13(19-8)9-3-2-4-11(7-9)23-15(16,17)18/h2-4,7,10H,5-6H2,1H3,(H,21,22). The summed E-state index contributed by atoms with van der Waals surface area (Å²) < 4.78 is 42.5. The first-order chi connectivity index (χ1) is 10.8. The highest BCUT2D eigenvalue weighted by Gasteiger charge is 2.34. The van der Waals surface area contributed by atoms with E-state index in [4.69, 9.17) is 0 Å². The van der Waals surface area contributed by atoms with Gasteiger partial charge in [0, 0.05) is 11.6 Å². The Balaban J connectivity index is 2.07. The van der Waals surface area contributed by atoms with Crippen molar-refractivity contribution in [1.29, 1.82) is 0 Å². The minimum Gasteiger partial charge on any atom is -0.477 e. The number of hydrogen-bond donors (Lipinski definition) is 1. The average Bonchev–Trinajstić information content (AvgIpc) is 3.20. The van der Waals surface area contributed by atoms with Crippen molar-refractivity contribution >= 4 is 5.97 Å². The zero-order chi connectivity index (χ0) is 16.8. The Morgan fingerprint density at radius 3 is 2.65 bits per heavy atom. The summed E-state index contributed by atoms with van der Waals surface area (Å²) in [6.07, 6.45) is -3.14. The van der Waals surface area contributed by atoms with Gasteiger partial charge in [-0.3, -0.25) is 0 Å². The van der Waals surface area contributed by atoms with Crippen LogP contribution in [0.5, 0.6) is 5.75 Å². The minimum absolute atomic E-state index is 0.0180. The third-order valence-corrected chi connectivity index (χ3v) is 3.53. The first-order valence-electron chi connectivity index (χ1n) is 6.94. The third-order valence-electron chi connectivity index (χ3n) is 3.53. The molecule has 0 saturated heterocycles. The largest absolute Gasteiger partial charge is 0.573 e. The molecule has 3 rings (SSSR count). The first-order valence-corrected chi connectivity index (χ1v) is 6.94. The van der Waals surface area contributed by atoms with Crippen LogP contribution in [-0.2, 0) is 0 Å². The molecule has 1 N–H and O–H groups in total. The van der Waals surface area contributed by atoms with Gasteiger partial charge in [0.15, 0.2) is 5.69 Å². The molecule has 23 heavy (non-hydrogen) atoms. The van der Waals surface area contributed by atoms with Crippen molar-refractivity contribution < 1.29 is 27.8 Å². The van der Waals surface area contributed by atoms with Crippen molar-refractivity contribution in [3.05, 3.63) is 35.7 Å². The Labute approximate surface area is 129 Å². The van der Waals surface area contributed by atoms with Crippen LogP contribution in [0.4, 0.5) is 13.2 Å². The number of carboxylic acids is 1. The van der Waals surface area contributed by atoms with Crippen LogP contribution in [0.3, 0.4) is 0 Å². The van der Waals surface area contributed by atoms with E-state index in [-0.39, 0.29) is 17.5 Å². The Kier molecular flexibility index (Phi) is 3.54. The minimum atomic E-state index is -4.79. The van der Waals surface area contributed by atoms with Gasteiger partial charge in [0.1, 0.15) is 11.6 Å². The lowest BCUT2D eigenvalue weighted by Gasteiger charge is -2.11. The molecule has 5 nitrogen and oxygen atoms in total. The fourth-order valence-electron chi connectivity index (χ4n) is 2.53. The second-order valence-corrected chi connectivity index (χ2v) is 5.35. The van der Waals surface area contributed by atoms with Crippen molar-refractivity contribution in [3.63, 3.8) is 0 Å². The molecular formula is C15H13F3N2O3. The predicted molar refractivity (Wildman–Crippen MR) is 74.3 cm³/mol. The number of ether oxygens (including phenoxy) is 1. The summed E-state index contributed by atoms with van der Waals surface area (Å²) in [7, 11) is 0. The van der Waals surface area contributed by atoms with Gasteiger partial charge in [-0.15, -0.1) is 13.2 Å². The molecule has 1 aromatic carbocycles. The van der Waals surface area contributed by atoms with E-state index >= 15 is 0 Å². The molecule has 0 unspecified atom stereocenters. The third kappa shape index (κ3) is 3.15. The van der Waals surface area contributed by atoms with Crippen LogP contribution < -0.4 is 4.74 Å². The van der Waals surface area contributed by atoms with E-state index in [1.807, 2.05) is 0 Å². The van der Waals surface area contributed by atoms with Crippen LogP contribution in [0.25, 0.3) is 11.4 Å². The lowest BCUT2D eigenvalue weighted by Crippen LogP contribution is -2.17. The maximum atomic E-state index is 12.3. The molecule has 1 aliphatic carbocycles. The first kappa shape index (κ1) is 15.4. The maximum absolute atomic E-state index is 12.3. The summed E-state index contributed by atoms with van der Waals surface area (Å²) in [5, 5.41) is 9.36. The Morgan fingerprint density at radius 1 is 1.39 bits per heavy atom. The van der Waals surface area contributed by atoms with Crippen LogP contribution in [0.2, 0.25) is 0 Å². The van der Waals surface area contributed by atoms with Gasteiger partial charge in [-0.1, -0.05) is 12.1 Å². The summed E-state index contributed by atoms with van der Waals surface area (Å²) >= 11 is 0. The summed E-state index contributed by atoms with van der Waals surface area (Å²) in [6.45, 7) is 1.57. The molecule has 0 amide bonds. The fourth-order valence-corrected chi connectivity index (χ4v) is 2.53. The van der Waals surface area contributed by atoms with Crippen LogP contribution >= 0.6 is 0 Å². The Bertz CT molecular complexity index is 764. The van der Waals surface area contributed by atoms with Crippen molar-refractivity contribution in [2.75, 3.05) is 0 Å². The van der Waals surface area contributed by atoms with Gasteiger partial charge >= 0.3 is 12.3 Å². The highest BCUT2D eigenvalue weighted by atomic mass is 19.4. The van der Waals surface area contributed by atoms with E-state index in [2.05, 4.69) is 9.72 Å². The Morgan fingerprint density at radius 2 is 2.09 bits per heavy atom. The Hall–Kier alpha value is -2.51. The number of carboxylic acid groups (broad SMARTS) is 1. The SMILES string of the molecule is Cc1nc(-c2cccc(OC(F)(F)F)c2)n(C2CC2)c1C(=O)O. The zero-order valence-electron chi connectivity index (χ0n) is 12.1. The second kappa shape index (κ2) is 5.29. The lowest BCUT2D eigenvalue weighted by molar-refractivity contribution is -0.274. The molecule has 0 atom stereocenters. The van der Waals surface area contributed by atoms with E-state index < -0.39 is 12.3 Å². The van der Waals surface area contributed by atoms with Gasteiger partial charge in [0.2, 0.25) is 0 Å². The molecule has 2 aromatic rings. The molecule has 0 aliphatic heterocycles. The number of aryl methyl sites for hydroxylation is 1. The van der Waals surface area contributed by atoms with Crippen LogP contribution in [-0.4, -0.2) is 27.0 Å². The van der Waals surface area contributed by atoms with Gasteiger partial charge in [-0.05, 0) is 31.9 Å². The molecule has 0 bridgehead atoms. The number of aromatic carboxylic acids is 1. The number of carbonyl (C=O) groups is 1. The maximum Gasteiger partial charge on any atom is 0.573 e. The number of hydrogen-bond acceptors (Lipinski definition) is 3. The smallest absolute Gasteiger partial charge is 0.477 e. The summed E-state index contributed by atoms with van der Waals surface area (Å²) in [6, 6.07) is 5.41. The predicted octanol–water partition coefficient (Wildman–Crippen LogP) is 3.79. The summed E-state index contributed by atoms with van der Waals surface area (Å²) in [5.41, 5.74) is 0.792. The number of aromatic nitrogens is 2.